The van der Waals surface area contributed by atoms with Gasteiger partial charge in [0, 0.05) is 18.4 Å². The molecule has 1 aromatic heterocycles. The Balaban J connectivity index is 2.21. The Morgan fingerprint density at radius 1 is 1.30 bits per heavy atom. The fraction of sp³-hybridized carbons (Fsp3) is 0.200. The normalized spacial score (nSPS) is 11.7. The lowest BCUT2D eigenvalue weighted by atomic mass is 10.2. The molecule has 0 amide bonds. The number of hydrazone groups is 1. The highest BCUT2D eigenvalue weighted by Crippen LogP contribution is 2.30. The van der Waals surface area contributed by atoms with Crippen molar-refractivity contribution in [2.45, 2.75) is 13.1 Å². The second-order valence-electron chi connectivity index (χ2n) is 4.58. The van der Waals surface area contributed by atoms with Crippen LogP contribution < -0.4 is 10.7 Å². The minimum atomic E-state index is -4.38. The Morgan fingerprint density at radius 2 is 2.09 bits per heavy atom. The van der Waals surface area contributed by atoms with E-state index in [9.17, 15) is 13.2 Å². The van der Waals surface area contributed by atoms with E-state index >= 15 is 0 Å². The van der Waals surface area contributed by atoms with Gasteiger partial charge in [0.1, 0.15) is 0 Å². The fourth-order valence-electron chi connectivity index (χ4n) is 1.92. The van der Waals surface area contributed by atoms with Crippen LogP contribution in [0.4, 0.5) is 13.2 Å². The van der Waals surface area contributed by atoms with Crippen molar-refractivity contribution in [3.63, 3.8) is 0 Å². The van der Waals surface area contributed by atoms with Crippen molar-refractivity contribution in [1.82, 2.24) is 15.3 Å². The number of nitrogens with one attached hydrogen (secondary N) is 2. The summed E-state index contributed by atoms with van der Waals surface area (Å²) < 4.78 is 40.0. The Bertz CT molecular complexity index is 707. The molecule has 0 saturated carbocycles. The molecule has 0 radical (unpaired) electrons. The first-order valence-corrected chi connectivity index (χ1v) is 7.24. The number of nitrogens with zero attached hydrogens (tertiary/aromatic N) is 2. The summed E-state index contributed by atoms with van der Waals surface area (Å²) in [4.78, 5) is 0. The average molecular weight is 340 g/mol. The molecule has 0 unspecified atom stereocenters. The number of aromatic nitrogens is 1. The zero-order valence-electron chi connectivity index (χ0n) is 12.3. The highest BCUT2D eigenvalue weighted by Gasteiger charge is 2.30. The van der Waals surface area contributed by atoms with Crippen molar-refractivity contribution in [3.05, 3.63) is 53.9 Å². The molecular formula is C15H15F3N4S. The Kier molecular flexibility index (Phi) is 5.38. The van der Waals surface area contributed by atoms with Gasteiger partial charge in [-0.3, -0.25) is 5.43 Å². The number of halogens is 3. The van der Waals surface area contributed by atoms with Crippen LogP contribution in [0, 0.1) is 0 Å². The molecule has 0 spiro atoms. The van der Waals surface area contributed by atoms with Gasteiger partial charge in [0.05, 0.1) is 17.5 Å². The topological polar surface area (TPSA) is 41.4 Å². The molecule has 23 heavy (non-hydrogen) atoms. The van der Waals surface area contributed by atoms with Gasteiger partial charge in [-0.1, -0.05) is 6.07 Å². The van der Waals surface area contributed by atoms with Crippen molar-refractivity contribution in [2.75, 3.05) is 6.54 Å². The van der Waals surface area contributed by atoms with Gasteiger partial charge >= 0.3 is 6.18 Å². The molecule has 0 bridgehead atoms. The van der Waals surface area contributed by atoms with Crippen LogP contribution in [-0.2, 0) is 6.18 Å². The van der Waals surface area contributed by atoms with E-state index < -0.39 is 11.7 Å². The Hall–Kier alpha value is -2.35. The van der Waals surface area contributed by atoms with Crippen molar-refractivity contribution in [1.29, 1.82) is 0 Å². The van der Waals surface area contributed by atoms with E-state index in [4.69, 9.17) is 12.2 Å². The number of thiocarbonyl (C=S) groups is 1. The molecule has 4 nitrogen and oxygen atoms in total. The van der Waals surface area contributed by atoms with Gasteiger partial charge in [0.15, 0.2) is 5.11 Å². The quantitative estimate of drug-likeness (QED) is 0.510. The van der Waals surface area contributed by atoms with Crippen LogP contribution in [0.2, 0.25) is 0 Å². The highest BCUT2D eigenvalue weighted by atomic mass is 32.1. The first-order chi connectivity index (χ1) is 10.9. The zero-order valence-corrected chi connectivity index (χ0v) is 13.1. The lowest BCUT2D eigenvalue weighted by molar-refractivity contribution is -0.137. The highest BCUT2D eigenvalue weighted by molar-refractivity contribution is 7.80. The molecule has 1 heterocycles. The zero-order chi connectivity index (χ0) is 16.9. The number of hydrogen-bond acceptors (Lipinski definition) is 2. The third kappa shape index (κ3) is 4.56. The van der Waals surface area contributed by atoms with Crippen molar-refractivity contribution in [2.24, 2.45) is 5.10 Å². The second kappa shape index (κ2) is 7.28. The predicted octanol–water partition coefficient (Wildman–Crippen LogP) is 3.31. The van der Waals surface area contributed by atoms with E-state index in [1.165, 1.54) is 12.3 Å². The lowest BCUT2D eigenvalue weighted by Crippen LogP contribution is -2.31. The minimum Gasteiger partial charge on any atom is -0.362 e. The molecule has 2 rings (SSSR count). The smallest absolute Gasteiger partial charge is 0.362 e. The van der Waals surface area contributed by atoms with Crippen molar-refractivity contribution >= 4 is 23.5 Å². The fourth-order valence-corrected chi connectivity index (χ4v) is 2.12. The van der Waals surface area contributed by atoms with E-state index in [0.717, 1.165) is 12.1 Å². The van der Waals surface area contributed by atoms with Gasteiger partial charge < -0.3 is 9.88 Å². The summed E-state index contributed by atoms with van der Waals surface area (Å²) >= 11 is 4.96. The van der Waals surface area contributed by atoms with Crippen LogP contribution in [0.3, 0.4) is 0 Å². The minimum absolute atomic E-state index is 0.376. The average Bonchev–Trinajstić information content (AvgIpc) is 2.95. The van der Waals surface area contributed by atoms with E-state index in [0.29, 0.717) is 23.0 Å². The molecule has 0 aliphatic carbocycles. The largest absolute Gasteiger partial charge is 0.416 e. The van der Waals surface area contributed by atoms with E-state index in [2.05, 4.69) is 15.8 Å². The molecule has 122 valence electrons. The molecule has 2 aromatic rings. The molecular weight excluding hydrogens is 325 g/mol. The molecule has 0 fully saturated rings. The second-order valence-corrected chi connectivity index (χ2v) is 4.99. The van der Waals surface area contributed by atoms with Crippen LogP contribution in [0.1, 0.15) is 18.2 Å². The van der Waals surface area contributed by atoms with Crippen LogP contribution >= 0.6 is 12.2 Å². The van der Waals surface area contributed by atoms with Crippen molar-refractivity contribution < 1.29 is 13.2 Å². The maximum atomic E-state index is 12.8. The predicted molar refractivity (Wildman–Crippen MR) is 87.8 cm³/mol. The van der Waals surface area contributed by atoms with Crippen molar-refractivity contribution in [3.8, 4) is 5.69 Å². The number of hydrogen-bond donors (Lipinski definition) is 2. The number of rotatable bonds is 4. The summed E-state index contributed by atoms with van der Waals surface area (Å²) in [5.74, 6) is 0. The maximum absolute atomic E-state index is 12.8. The third-order valence-corrected chi connectivity index (χ3v) is 3.17. The van der Waals surface area contributed by atoms with Crippen LogP contribution in [-0.4, -0.2) is 22.4 Å². The molecule has 1 aromatic carbocycles. The number of benzene rings is 1. The van der Waals surface area contributed by atoms with Crippen LogP contribution in [0.25, 0.3) is 5.69 Å². The molecule has 2 N–H and O–H groups in total. The molecule has 8 heteroatoms. The summed E-state index contributed by atoms with van der Waals surface area (Å²) in [6.45, 7) is 2.57. The summed E-state index contributed by atoms with van der Waals surface area (Å²) in [5, 5.41) is 7.21. The Labute approximate surface area is 137 Å². The van der Waals surface area contributed by atoms with Gasteiger partial charge in [-0.2, -0.15) is 18.3 Å². The van der Waals surface area contributed by atoms with Gasteiger partial charge in [-0.15, -0.1) is 0 Å². The molecule has 0 atom stereocenters. The maximum Gasteiger partial charge on any atom is 0.416 e. The van der Waals surface area contributed by atoms with E-state index in [1.807, 2.05) is 6.92 Å². The summed E-state index contributed by atoms with van der Waals surface area (Å²) in [6.07, 6.45) is -1.22. The first-order valence-electron chi connectivity index (χ1n) is 6.83. The monoisotopic (exact) mass is 340 g/mol. The van der Waals surface area contributed by atoms with Crippen LogP contribution in [0.5, 0.6) is 0 Å². The van der Waals surface area contributed by atoms with Gasteiger partial charge in [-0.25, -0.2) is 0 Å². The van der Waals surface area contributed by atoms with Gasteiger partial charge in [0.25, 0.3) is 0 Å². The number of alkyl halides is 3. The summed E-state index contributed by atoms with van der Waals surface area (Å²) in [5.41, 5.74) is 2.96. The van der Waals surface area contributed by atoms with E-state index in [1.54, 1.807) is 29.0 Å². The summed E-state index contributed by atoms with van der Waals surface area (Å²) in [7, 11) is 0. The van der Waals surface area contributed by atoms with Gasteiger partial charge in [-0.05, 0) is 49.5 Å². The first kappa shape index (κ1) is 17.0. The summed E-state index contributed by atoms with van der Waals surface area (Å²) in [6, 6.07) is 8.57. The molecule has 0 aliphatic rings. The Morgan fingerprint density at radius 3 is 2.78 bits per heavy atom. The third-order valence-electron chi connectivity index (χ3n) is 2.93. The standard InChI is InChI=1S/C15H15F3N4S/c1-2-19-14(23)21-20-10-13-7-4-8-22(13)12-6-3-5-11(9-12)15(16,17)18/h3-10H,2H2,1H3,(H2,19,21,23)/b20-10-. The molecule has 0 saturated heterocycles. The SMILES string of the molecule is CCNC(=S)N/N=C\c1cccn1-c1cccc(C(F)(F)F)c1. The van der Waals surface area contributed by atoms with Gasteiger partial charge in [0.2, 0.25) is 0 Å². The lowest BCUT2D eigenvalue weighted by Gasteiger charge is -2.11. The van der Waals surface area contributed by atoms with Crippen LogP contribution in [0.15, 0.2) is 47.7 Å². The molecule has 0 aliphatic heterocycles. The van der Waals surface area contributed by atoms with E-state index in [-0.39, 0.29) is 0 Å².